The molecule has 1 aromatic heterocycles. The van der Waals surface area contributed by atoms with Crippen molar-refractivity contribution < 1.29 is 4.74 Å². The summed E-state index contributed by atoms with van der Waals surface area (Å²) < 4.78 is 7.69. The first-order chi connectivity index (χ1) is 10.1. The molecule has 2 aromatic rings. The molecular weight excluding hydrogens is 286 g/mol. The molecule has 0 fully saturated rings. The van der Waals surface area contributed by atoms with Crippen molar-refractivity contribution in [1.29, 1.82) is 0 Å². The summed E-state index contributed by atoms with van der Waals surface area (Å²) in [6.45, 7) is 2.67. The van der Waals surface area contributed by atoms with Gasteiger partial charge in [-0.2, -0.15) is 5.10 Å². The number of halogens is 1. The van der Waals surface area contributed by atoms with Crippen LogP contribution in [0.5, 0.6) is 5.75 Å². The Morgan fingerprint density at radius 2 is 2.24 bits per heavy atom. The minimum atomic E-state index is 0.102. The number of hydrogen-bond acceptors (Lipinski definition) is 3. The largest absolute Gasteiger partial charge is 0.493 e. The molecule has 5 heteroatoms. The van der Waals surface area contributed by atoms with Crippen LogP contribution < -0.4 is 10.5 Å². The Kier molecular flexibility index (Phi) is 5.65. The maximum Gasteiger partial charge on any atom is 0.124 e. The molecule has 0 aliphatic heterocycles. The lowest BCUT2D eigenvalue weighted by Crippen LogP contribution is -2.22. The Morgan fingerprint density at radius 1 is 1.43 bits per heavy atom. The third-order valence-electron chi connectivity index (χ3n) is 3.47. The van der Waals surface area contributed by atoms with Gasteiger partial charge in [0, 0.05) is 36.3 Å². The molecule has 2 N–H and O–H groups in total. The predicted molar refractivity (Wildman–Crippen MR) is 85.8 cm³/mol. The van der Waals surface area contributed by atoms with Crippen molar-refractivity contribution in [3.63, 3.8) is 0 Å². The van der Waals surface area contributed by atoms with Crippen molar-refractivity contribution in [3.8, 4) is 5.75 Å². The molecule has 0 spiro atoms. The summed E-state index contributed by atoms with van der Waals surface area (Å²) in [7, 11) is 1.91. The van der Waals surface area contributed by atoms with Gasteiger partial charge in [-0.05, 0) is 30.5 Å². The first-order valence-corrected chi connectivity index (χ1v) is 7.61. The molecule has 1 atom stereocenters. The van der Waals surface area contributed by atoms with Gasteiger partial charge in [0.1, 0.15) is 5.75 Å². The molecule has 0 amide bonds. The summed E-state index contributed by atoms with van der Waals surface area (Å²) in [6.07, 6.45) is 6.32. The topological polar surface area (TPSA) is 53.1 Å². The van der Waals surface area contributed by atoms with Gasteiger partial charge in [-0.25, -0.2) is 0 Å². The zero-order valence-electron chi connectivity index (χ0n) is 12.6. The zero-order valence-corrected chi connectivity index (χ0v) is 13.3. The number of aromatic nitrogens is 2. The van der Waals surface area contributed by atoms with Crippen LogP contribution in [0, 0.1) is 0 Å². The molecule has 1 unspecified atom stereocenters. The van der Waals surface area contributed by atoms with E-state index in [0.717, 1.165) is 41.2 Å². The van der Waals surface area contributed by atoms with Gasteiger partial charge in [-0.1, -0.05) is 24.6 Å². The van der Waals surface area contributed by atoms with Crippen LogP contribution in [0.3, 0.4) is 0 Å². The minimum Gasteiger partial charge on any atom is -0.493 e. The van der Waals surface area contributed by atoms with Gasteiger partial charge >= 0.3 is 0 Å². The monoisotopic (exact) mass is 307 g/mol. The normalized spacial score (nSPS) is 12.4. The van der Waals surface area contributed by atoms with E-state index in [9.17, 15) is 0 Å². The summed E-state index contributed by atoms with van der Waals surface area (Å²) in [5.41, 5.74) is 8.20. The molecule has 1 aromatic carbocycles. The molecule has 0 aliphatic rings. The second kappa shape index (κ2) is 7.48. The summed E-state index contributed by atoms with van der Waals surface area (Å²) >= 11 is 6.28. The third-order valence-corrected chi connectivity index (χ3v) is 3.83. The quantitative estimate of drug-likeness (QED) is 0.855. The Hall–Kier alpha value is -1.52. The van der Waals surface area contributed by atoms with E-state index in [4.69, 9.17) is 22.1 Å². The average Bonchev–Trinajstić information content (AvgIpc) is 2.87. The number of hydrogen-bond donors (Lipinski definition) is 1. The van der Waals surface area contributed by atoms with E-state index in [2.05, 4.69) is 12.0 Å². The van der Waals surface area contributed by atoms with Gasteiger partial charge in [0.15, 0.2) is 0 Å². The van der Waals surface area contributed by atoms with E-state index in [1.54, 1.807) is 4.68 Å². The molecule has 4 nitrogen and oxygen atoms in total. The van der Waals surface area contributed by atoms with Gasteiger partial charge in [0.2, 0.25) is 0 Å². The van der Waals surface area contributed by atoms with Crippen molar-refractivity contribution in [1.82, 2.24) is 9.78 Å². The smallest absolute Gasteiger partial charge is 0.124 e. The number of ether oxygens (including phenoxy) is 1. The summed E-state index contributed by atoms with van der Waals surface area (Å²) in [5.74, 6) is 0.829. The summed E-state index contributed by atoms with van der Waals surface area (Å²) in [6, 6.07) is 5.84. The molecule has 21 heavy (non-hydrogen) atoms. The Balaban J connectivity index is 2.00. The highest BCUT2D eigenvalue weighted by Crippen LogP contribution is 2.28. The van der Waals surface area contributed by atoms with Crippen molar-refractivity contribution in [2.45, 2.75) is 32.2 Å². The van der Waals surface area contributed by atoms with Crippen LogP contribution >= 0.6 is 11.6 Å². The van der Waals surface area contributed by atoms with Crippen LogP contribution in [0.15, 0.2) is 30.6 Å². The number of benzene rings is 1. The highest BCUT2D eigenvalue weighted by molar-refractivity contribution is 6.31. The predicted octanol–water partition coefficient (Wildman–Crippen LogP) is 2.97. The van der Waals surface area contributed by atoms with Crippen molar-refractivity contribution in [2.75, 3.05) is 6.61 Å². The second-order valence-electron chi connectivity index (χ2n) is 5.21. The van der Waals surface area contributed by atoms with Crippen molar-refractivity contribution in [3.05, 3.63) is 46.7 Å². The Bertz CT molecular complexity index is 583. The second-order valence-corrected chi connectivity index (χ2v) is 5.62. The molecular formula is C16H22ClN3O. The zero-order chi connectivity index (χ0) is 15.2. The van der Waals surface area contributed by atoms with Gasteiger partial charge in [-0.3, -0.25) is 4.68 Å². The van der Waals surface area contributed by atoms with Gasteiger partial charge in [0.05, 0.1) is 12.8 Å². The molecule has 1 heterocycles. The fourth-order valence-electron chi connectivity index (χ4n) is 2.16. The number of nitrogens with two attached hydrogens (primary N) is 1. The number of aryl methyl sites for hydroxylation is 1. The first kappa shape index (κ1) is 15.9. The fraction of sp³-hybridized carbons (Fsp3) is 0.438. The fourth-order valence-corrected chi connectivity index (χ4v) is 2.40. The highest BCUT2D eigenvalue weighted by Gasteiger charge is 2.12. The molecule has 0 saturated heterocycles. The van der Waals surface area contributed by atoms with E-state index >= 15 is 0 Å². The molecule has 0 saturated carbocycles. The lowest BCUT2D eigenvalue weighted by molar-refractivity contribution is 0.317. The molecule has 114 valence electrons. The van der Waals surface area contributed by atoms with Crippen LogP contribution in [-0.4, -0.2) is 22.4 Å². The highest BCUT2D eigenvalue weighted by atomic mass is 35.5. The SMILES string of the molecule is CCC(N)Cc1c(Cl)cccc1OCCc1cnn(C)c1. The number of nitrogens with zero attached hydrogens (tertiary/aromatic N) is 2. The van der Waals surface area contributed by atoms with Crippen LogP contribution in [0.4, 0.5) is 0 Å². The van der Waals surface area contributed by atoms with Crippen LogP contribution in [0.2, 0.25) is 5.02 Å². The standard InChI is InChI=1S/C16H22ClN3O/c1-3-13(18)9-14-15(17)5-4-6-16(14)21-8-7-12-10-19-20(2)11-12/h4-6,10-11,13H,3,7-9,18H2,1-2H3. The van der Waals surface area contributed by atoms with Gasteiger partial charge < -0.3 is 10.5 Å². The van der Waals surface area contributed by atoms with Crippen molar-refractivity contribution >= 4 is 11.6 Å². The van der Waals surface area contributed by atoms with E-state index in [1.807, 2.05) is 37.6 Å². The number of rotatable bonds is 7. The molecule has 0 radical (unpaired) electrons. The van der Waals surface area contributed by atoms with Gasteiger partial charge in [0.25, 0.3) is 0 Å². The van der Waals surface area contributed by atoms with Gasteiger partial charge in [-0.15, -0.1) is 0 Å². The average molecular weight is 308 g/mol. The molecule has 2 rings (SSSR count). The lowest BCUT2D eigenvalue weighted by Gasteiger charge is -2.15. The van der Waals surface area contributed by atoms with E-state index in [1.165, 1.54) is 0 Å². The van der Waals surface area contributed by atoms with Crippen LogP contribution in [-0.2, 0) is 19.9 Å². The van der Waals surface area contributed by atoms with E-state index in [0.29, 0.717) is 6.61 Å². The van der Waals surface area contributed by atoms with Crippen LogP contribution in [0.1, 0.15) is 24.5 Å². The Morgan fingerprint density at radius 3 is 2.90 bits per heavy atom. The van der Waals surface area contributed by atoms with E-state index < -0.39 is 0 Å². The molecule has 0 aliphatic carbocycles. The maximum absolute atomic E-state index is 6.28. The summed E-state index contributed by atoms with van der Waals surface area (Å²) in [5, 5.41) is 4.87. The summed E-state index contributed by atoms with van der Waals surface area (Å²) in [4.78, 5) is 0. The van der Waals surface area contributed by atoms with Crippen molar-refractivity contribution in [2.24, 2.45) is 12.8 Å². The van der Waals surface area contributed by atoms with Crippen LogP contribution in [0.25, 0.3) is 0 Å². The maximum atomic E-state index is 6.28. The Labute approximate surface area is 130 Å². The first-order valence-electron chi connectivity index (χ1n) is 7.23. The third kappa shape index (κ3) is 4.48. The van der Waals surface area contributed by atoms with E-state index in [-0.39, 0.29) is 6.04 Å². The minimum absolute atomic E-state index is 0.102. The molecule has 0 bridgehead atoms. The lowest BCUT2D eigenvalue weighted by atomic mass is 10.0.